The maximum atomic E-state index is 12.7. The maximum absolute atomic E-state index is 12.7. The molecule has 0 bridgehead atoms. The molecule has 1 unspecified atom stereocenters. The van der Waals surface area contributed by atoms with Crippen LogP contribution < -0.4 is 5.56 Å². The molecule has 2 aromatic heterocycles. The zero-order valence-corrected chi connectivity index (χ0v) is 14.3. The summed E-state index contributed by atoms with van der Waals surface area (Å²) in [5.74, 6) is 0.144. The van der Waals surface area contributed by atoms with E-state index < -0.39 is 0 Å². The van der Waals surface area contributed by atoms with Gasteiger partial charge in [-0.1, -0.05) is 12.1 Å². The first kappa shape index (κ1) is 16.4. The van der Waals surface area contributed by atoms with Crippen molar-refractivity contribution in [3.8, 4) is 0 Å². The lowest BCUT2D eigenvalue weighted by molar-refractivity contribution is -0.133. The second-order valence-corrected chi connectivity index (χ2v) is 6.51. The van der Waals surface area contributed by atoms with Crippen molar-refractivity contribution >= 4 is 16.8 Å². The summed E-state index contributed by atoms with van der Waals surface area (Å²) in [5, 5.41) is 0.528. The molecule has 0 radical (unpaired) electrons. The number of piperidine rings is 1. The van der Waals surface area contributed by atoms with E-state index in [4.69, 9.17) is 0 Å². The van der Waals surface area contributed by atoms with E-state index in [9.17, 15) is 9.59 Å². The lowest BCUT2D eigenvalue weighted by atomic mass is 9.94. The number of amides is 1. The topological polar surface area (TPSA) is 81.0 Å². The van der Waals surface area contributed by atoms with Crippen LogP contribution in [-0.2, 0) is 11.3 Å². The summed E-state index contributed by atoms with van der Waals surface area (Å²) in [6.07, 6.45) is 6.64. The molecule has 132 valence electrons. The van der Waals surface area contributed by atoms with E-state index in [1.165, 1.54) is 17.2 Å². The van der Waals surface area contributed by atoms with Crippen LogP contribution in [0, 0.1) is 0 Å². The summed E-state index contributed by atoms with van der Waals surface area (Å²) in [6, 6.07) is 9.06. The van der Waals surface area contributed by atoms with Crippen molar-refractivity contribution < 1.29 is 4.79 Å². The fourth-order valence-electron chi connectivity index (χ4n) is 3.45. The lowest BCUT2D eigenvalue weighted by Gasteiger charge is -2.32. The highest BCUT2D eigenvalue weighted by atomic mass is 16.2. The van der Waals surface area contributed by atoms with Crippen molar-refractivity contribution in [1.29, 1.82) is 0 Å². The van der Waals surface area contributed by atoms with E-state index >= 15 is 0 Å². The molecule has 1 fully saturated rings. The van der Waals surface area contributed by atoms with Gasteiger partial charge in [-0.05, 0) is 31.0 Å². The van der Waals surface area contributed by atoms with Gasteiger partial charge in [-0.15, -0.1) is 0 Å². The molecule has 1 atom stereocenters. The Balaban J connectivity index is 1.51. The largest absolute Gasteiger partial charge is 0.340 e. The van der Waals surface area contributed by atoms with Gasteiger partial charge in [0.25, 0.3) is 5.56 Å². The molecule has 0 saturated carbocycles. The third-order valence-electron chi connectivity index (χ3n) is 4.83. The number of hydrogen-bond acceptors (Lipinski definition) is 5. The van der Waals surface area contributed by atoms with Gasteiger partial charge in [0.15, 0.2) is 0 Å². The molecular weight excluding hydrogens is 330 g/mol. The van der Waals surface area contributed by atoms with E-state index in [0.29, 0.717) is 24.0 Å². The minimum Gasteiger partial charge on any atom is -0.340 e. The molecular formula is C19H19N5O2. The Labute approximate surface area is 150 Å². The first-order valence-electron chi connectivity index (χ1n) is 8.70. The summed E-state index contributed by atoms with van der Waals surface area (Å²) in [5.41, 5.74) is 1.42. The number of rotatable bonds is 3. The second-order valence-electron chi connectivity index (χ2n) is 6.51. The van der Waals surface area contributed by atoms with Crippen molar-refractivity contribution in [3.05, 3.63) is 65.2 Å². The zero-order chi connectivity index (χ0) is 17.9. The third-order valence-corrected chi connectivity index (χ3v) is 4.83. The molecule has 1 aromatic carbocycles. The van der Waals surface area contributed by atoms with Crippen LogP contribution in [0.25, 0.3) is 10.9 Å². The molecule has 0 N–H and O–H groups in total. The number of para-hydroxylation sites is 1. The highest BCUT2D eigenvalue weighted by Crippen LogP contribution is 2.25. The summed E-state index contributed by atoms with van der Waals surface area (Å²) < 4.78 is 1.39. The van der Waals surface area contributed by atoms with Crippen molar-refractivity contribution in [2.24, 2.45) is 0 Å². The molecule has 4 rings (SSSR count). The Morgan fingerprint density at radius 2 is 2.08 bits per heavy atom. The number of carbonyl (C=O) groups is 1. The molecule has 26 heavy (non-hydrogen) atoms. The Hall–Kier alpha value is -3.09. The van der Waals surface area contributed by atoms with Crippen LogP contribution >= 0.6 is 0 Å². The number of carbonyl (C=O) groups excluding carboxylic acids is 1. The van der Waals surface area contributed by atoms with Crippen molar-refractivity contribution in [2.75, 3.05) is 13.1 Å². The quantitative estimate of drug-likeness (QED) is 0.717. The molecule has 1 saturated heterocycles. The number of fused-ring (bicyclic) bond motifs is 1. The van der Waals surface area contributed by atoms with Crippen LogP contribution in [0.15, 0.2) is 54.0 Å². The van der Waals surface area contributed by atoms with Crippen LogP contribution in [0.2, 0.25) is 0 Å². The number of nitrogens with zero attached hydrogens (tertiary/aromatic N) is 5. The molecule has 7 heteroatoms. The van der Waals surface area contributed by atoms with Gasteiger partial charge in [-0.2, -0.15) is 0 Å². The highest BCUT2D eigenvalue weighted by molar-refractivity contribution is 5.79. The second kappa shape index (κ2) is 7.03. The molecule has 0 spiro atoms. The summed E-state index contributed by atoms with van der Waals surface area (Å²) in [4.78, 5) is 39.7. The Morgan fingerprint density at radius 3 is 2.92 bits per heavy atom. The minimum absolute atomic E-state index is 0.00710. The van der Waals surface area contributed by atoms with E-state index in [1.54, 1.807) is 24.4 Å². The minimum atomic E-state index is -0.187. The predicted octanol–water partition coefficient (Wildman–Crippen LogP) is 1.59. The summed E-state index contributed by atoms with van der Waals surface area (Å²) >= 11 is 0. The van der Waals surface area contributed by atoms with E-state index in [2.05, 4.69) is 15.0 Å². The number of hydrogen-bond donors (Lipinski definition) is 0. The van der Waals surface area contributed by atoms with Gasteiger partial charge >= 0.3 is 0 Å². The molecule has 1 aliphatic rings. The van der Waals surface area contributed by atoms with Gasteiger partial charge < -0.3 is 4.90 Å². The third kappa shape index (κ3) is 3.20. The molecule has 0 aliphatic carbocycles. The van der Waals surface area contributed by atoms with Gasteiger partial charge in [0.1, 0.15) is 12.9 Å². The Morgan fingerprint density at radius 1 is 1.19 bits per heavy atom. The monoisotopic (exact) mass is 349 g/mol. The SMILES string of the molecule is O=C(Cn1cnc2ccccc2c1=O)N1CCCC(c2ccncn2)C1. The molecule has 7 nitrogen and oxygen atoms in total. The smallest absolute Gasteiger partial charge is 0.261 e. The molecule has 3 aromatic rings. The normalized spacial score (nSPS) is 17.4. The predicted molar refractivity (Wildman–Crippen MR) is 96.6 cm³/mol. The first-order chi connectivity index (χ1) is 12.7. The zero-order valence-electron chi connectivity index (χ0n) is 14.3. The molecule has 3 heterocycles. The van der Waals surface area contributed by atoms with Gasteiger partial charge in [-0.3, -0.25) is 14.2 Å². The van der Waals surface area contributed by atoms with Gasteiger partial charge in [0.05, 0.1) is 17.2 Å². The number of likely N-dealkylation sites (tertiary alicyclic amines) is 1. The average Bonchev–Trinajstić information content (AvgIpc) is 2.71. The van der Waals surface area contributed by atoms with Crippen LogP contribution in [0.4, 0.5) is 0 Å². The Bertz CT molecular complexity index is 986. The highest BCUT2D eigenvalue weighted by Gasteiger charge is 2.25. The standard InChI is InChI=1S/C19H19N5O2/c25-18(11-24-13-22-17-6-2-1-5-15(17)19(24)26)23-9-3-4-14(10-23)16-7-8-20-12-21-16/h1-2,5-8,12-14H,3-4,9-11H2. The van der Waals surface area contributed by atoms with Crippen LogP contribution in [0.3, 0.4) is 0 Å². The lowest BCUT2D eigenvalue weighted by Crippen LogP contribution is -2.42. The van der Waals surface area contributed by atoms with Crippen LogP contribution in [0.1, 0.15) is 24.5 Å². The molecule has 1 amide bonds. The maximum Gasteiger partial charge on any atom is 0.261 e. The van der Waals surface area contributed by atoms with Crippen molar-refractivity contribution in [3.63, 3.8) is 0 Å². The number of aromatic nitrogens is 4. The van der Waals surface area contributed by atoms with Gasteiger partial charge in [0.2, 0.25) is 5.91 Å². The fraction of sp³-hybridized carbons (Fsp3) is 0.316. The first-order valence-corrected chi connectivity index (χ1v) is 8.70. The van der Waals surface area contributed by atoms with Crippen molar-refractivity contribution in [1.82, 2.24) is 24.4 Å². The van der Waals surface area contributed by atoms with Crippen molar-refractivity contribution in [2.45, 2.75) is 25.3 Å². The van der Waals surface area contributed by atoms with Crippen LogP contribution in [0.5, 0.6) is 0 Å². The summed E-state index contributed by atoms with van der Waals surface area (Å²) in [6.45, 7) is 1.33. The number of benzene rings is 1. The van der Waals surface area contributed by atoms with E-state index in [1.807, 2.05) is 17.0 Å². The fourth-order valence-corrected chi connectivity index (χ4v) is 3.45. The average molecular weight is 349 g/mol. The summed E-state index contributed by atoms with van der Waals surface area (Å²) in [7, 11) is 0. The van der Waals surface area contributed by atoms with E-state index in [0.717, 1.165) is 18.5 Å². The molecule has 1 aliphatic heterocycles. The van der Waals surface area contributed by atoms with Gasteiger partial charge in [-0.25, -0.2) is 15.0 Å². The van der Waals surface area contributed by atoms with Crippen LogP contribution in [-0.4, -0.2) is 43.4 Å². The van der Waals surface area contributed by atoms with Gasteiger partial charge in [0, 0.05) is 30.9 Å². The van der Waals surface area contributed by atoms with E-state index in [-0.39, 0.29) is 23.9 Å². The Kier molecular flexibility index (Phi) is 4.43.